The number of ether oxygens (including phenoxy) is 1. The van der Waals surface area contributed by atoms with Crippen molar-refractivity contribution in [2.45, 2.75) is 6.42 Å². The number of esters is 1. The predicted molar refractivity (Wildman–Crippen MR) is 80.6 cm³/mol. The molecule has 1 saturated heterocycles. The number of anilines is 2. The van der Waals surface area contributed by atoms with Crippen molar-refractivity contribution < 1.29 is 22.7 Å². The highest BCUT2D eigenvalue weighted by atomic mass is 32.2. The van der Waals surface area contributed by atoms with Gasteiger partial charge in [0.15, 0.2) is 0 Å². The Balaban J connectivity index is 2.28. The molecule has 1 amide bonds. The monoisotopic (exact) mass is 327 g/mol. The standard InChI is InChI=1S/C13H17N3O5S/c1-21-13(18)9-2-3-10(14)11(5-9)16-6-8(4-12(16)17)7-22(15,19)20/h2-3,5,8H,4,6-7,14H2,1H3,(H2,15,19,20). The Morgan fingerprint density at radius 2 is 2.14 bits per heavy atom. The third-order valence-electron chi connectivity index (χ3n) is 3.42. The molecule has 22 heavy (non-hydrogen) atoms. The Bertz CT molecular complexity index is 716. The molecular weight excluding hydrogens is 310 g/mol. The number of nitrogen functional groups attached to an aromatic ring is 1. The van der Waals surface area contributed by atoms with Crippen molar-refractivity contribution in [3.63, 3.8) is 0 Å². The van der Waals surface area contributed by atoms with Crippen LogP contribution < -0.4 is 15.8 Å². The number of nitrogens with zero attached hydrogens (tertiary/aromatic N) is 1. The molecular formula is C13H17N3O5S. The summed E-state index contributed by atoms with van der Waals surface area (Å²) >= 11 is 0. The van der Waals surface area contributed by atoms with Crippen LogP contribution in [0.25, 0.3) is 0 Å². The van der Waals surface area contributed by atoms with Crippen molar-refractivity contribution in [3.05, 3.63) is 23.8 Å². The Kier molecular flexibility index (Phi) is 4.38. The van der Waals surface area contributed by atoms with E-state index in [1.165, 1.54) is 30.2 Å². The summed E-state index contributed by atoms with van der Waals surface area (Å²) in [6, 6.07) is 4.45. The Morgan fingerprint density at radius 1 is 1.45 bits per heavy atom. The van der Waals surface area contributed by atoms with Crippen LogP contribution in [0, 0.1) is 5.92 Å². The van der Waals surface area contributed by atoms with E-state index in [4.69, 9.17) is 10.9 Å². The zero-order valence-corrected chi connectivity index (χ0v) is 12.8. The fourth-order valence-corrected chi connectivity index (χ4v) is 3.36. The SMILES string of the molecule is COC(=O)c1ccc(N)c(N2CC(CS(N)(=O)=O)CC2=O)c1. The van der Waals surface area contributed by atoms with Gasteiger partial charge >= 0.3 is 5.97 Å². The zero-order valence-electron chi connectivity index (χ0n) is 12.0. The number of methoxy groups -OCH3 is 1. The number of rotatable bonds is 4. The number of primary sulfonamides is 1. The molecule has 0 aromatic heterocycles. The Hall–Kier alpha value is -2.13. The van der Waals surface area contributed by atoms with Gasteiger partial charge in [0.2, 0.25) is 15.9 Å². The largest absolute Gasteiger partial charge is 0.465 e. The van der Waals surface area contributed by atoms with Crippen LogP contribution in [0.1, 0.15) is 16.8 Å². The van der Waals surface area contributed by atoms with Crippen LogP contribution in [0.15, 0.2) is 18.2 Å². The molecule has 1 aliphatic rings. The van der Waals surface area contributed by atoms with E-state index in [2.05, 4.69) is 4.74 Å². The highest BCUT2D eigenvalue weighted by molar-refractivity contribution is 7.89. The van der Waals surface area contributed by atoms with Gasteiger partial charge in [-0.1, -0.05) is 0 Å². The molecule has 0 spiro atoms. The summed E-state index contributed by atoms with van der Waals surface area (Å²) in [6.07, 6.45) is 0.0678. The lowest BCUT2D eigenvalue weighted by molar-refractivity contribution is -0.117. The minimum Gasteiger partial charge on any atom is -0.465 e. The van der Waals surface area contributed by atoms with Gasteiger partial charge in [-0.05, 0) is 18.2 Å². The van der Waals surface area contributed by atoms with Gasteiger partial charge in [0.25, 0.3) is 0 Å². The van der Waals surface area contributed by atoms with E-state index < -0.39 is 21.9 Å². The van der Waals surface area contributed by atoms with Crippen molar-refractivity contribution in [2.75, 3.05) is 30.0 Å². The van der Waals surface area contributed by atoms with E-state index in [1.54, 1.807) is 0 Å². The lowest BCUT2D eigenvalue weighted by Crippen LogP contribution is -2.28. The average molecular weight is 327 g/mol. The van der Waals surface area contributed by atoms with Gasteiger partial charge in [0.05, 0.1) is 29.8 Å². The van der Waals surface area contributed by atoms with Crippen LogP contribution in [0.5, 0.6) is 0 Å². The Labute approximate surface area is 128 Å². The quantitative estimate of drug-likeness (QED) is 0.576. The van der Waals surface area contributed by atoms with E-state index in [-0.39, 0.29) is 30.2 Å². The summed E-state index contributed by atoms with van der Waals surface area (Å²) in [5.41, 5.74) is 6.80. The molecule has 1 fully saturated rings. The smallest absolute Gasteiger partial charge is 0.337 e. The van der Waals surface area contributed by atoms with E-state index >= 15 is 0 Å². The molecule has 1 heterocycles. The molecule has 1 aromatic carbocycles. The summed E-state index contributed by atoms with van der Waals surface area (Å²) in [7, 11) is -2.41. The van der Waals surface area contributed by atoms with Gasteiger partial charge in [0, 0.05) is 18.9 Å². The van der Waals surface area contributed by atoms with Crippen LogP contribution in [-0.2, 0) is 19.6 Å². The van der Waals surface area contributed by atoms with E-state index in [9.17, 15) is 18.0 Å². The highest BCUT2D eigenvalue weighted by Gasteiger charge is 2.33. The fraction of sp³-hybridized carbons (Fsp3) is 0.385. The molecule has 4 N–H and O–H groups in total. The van der Waals surface area contributed by atoms with Crippen molar-refractivity contribution in [3.8, 4) is 0 Å². The molecule has 1 unspecified atom stereocenters. The topological polar surface area (TPSA) is 133 Å². The summed E-state index contributed by atoms with van der Waals surface area (Å²) in [4.78, 5) is 25.0. The second-order valence-corrected chi connectivity index (χ2v) is 6.83. The maximum Gasteiger partial charge on any atom is 0.337 e. The van der Waals surface area contributed by atoms with Crippen molar-refractivity contribution in [1.29, 1.82) is 0 Å². The molecule has 1 aromatic rings. The maximum atomic E-state index is 12.1. The zero-order chi connectivity index (χ0) is 16.5. The van der Waals surface area contributed by atoms with E-state index in [1.807, 2.05) is 0 Å². The second kappa shape index (κ2) is 5.93. The third-order valence-corrected chi connectivity index (χ3v) is 4.35. The molecule has 0 saturated carbocycles. The Morgan fingerprint density at radius 3 is 2.73 bits per heavy atom. The molecule has 0 bridgehead atoms. The van der Waals surface area contributed by atoms with Crippen molar-refractivity contribution in [1.82, 2.24) is 0 Å². The summed E-state index contributed by atoms with van der Waals surface area (Å²) < 4.78 is 26.9. The first-order valence-corrected chi connectivity index (χ1v) is 8.21. The van der Waals surface area contributed by atoms with Crippen LogP contribution >= 0.6 is 0 Å². The number of carbonyl (C=O) groups excluding carboxylic acids is 2. The number of carbonyl (C=O) groups is 2. The van der Waals surface area contributed by atoms with Crippen LogP contribution in [0.3, 0.4) is 0 Å². The third kappa shape index (κ3) is 3.55. The summed E-state index contributed by atoms with van der Waals surface area (Å²) in [5.74, 6) is -1.48. The number of hydrogen-bond donors (Lipinski definition) is 2. The first kappa shape index (κ1) is 16.2. The molecule has 9 heteroatoms. The van der Waals surface area contributed by atoms with Gasteiger partial charge < -0.3 is 15.4 Å². The molecule has 1 atom stereocenters. The molecule has 2 rings (SSSR count). The van der Waals surface area contributed by atoms with Crippen molar-refractivity contribution in [2.24, 2.45) is 11.1 Å². The van der Waals surface area contributed by atoms with Crippen LogP contribution in [-0.4, -0.2) is 39.7 Å². The molecule has 0 aliphatic carbocycles. The van der Waals surface area contributed by atoms with E-state index in [0.29, 0.717) is 11.4 Å². The predicted octanol–water partition coefficient (Wildman–Crippen LogP) is -0.303. The fourth-order valence-electron chi connectivity index (χ4n) is 2.48. The molecule has 1 aliphatic heterocycles. The molecule has 120 valence electrons. The van der Waals surface area contributed by atoms with Gasteiger partial charge in [-0.15, -0.1) is 0 Å². The maximum absolute atomic E-state index is 12.1. The number of nitrogens with two attached hydrogens (primary N) is 2. The van der Waals surface area contributed by atoms with Crippen LogP contribution in [0.2, 0.25) is 0 Å². The lowest BCUT2D eigenvalue weighted by atomic mass is 10.1. The van der Waals surface area contributed by atoms with Gasteiger partial charge in [0.1, 0.15) is 0 Å². The lowest BCUT2D eigenvalue weighted by Gasteiger charge is -2.19. The number of hydrogen-bond acceptors (Lipinski definition) is 6. The van der Waals surface area contributed by atoms with Gasteiger partial charge in [-0.2, -0.15) is 0 Å². The van der Waals surface area contributed by atoms with Crippen molar-refractivity contribution >= 4 is 33.3 Å². The molecule has 8 nitrogen and oxygen atoms in total. The minimum atomic E-state index is -3.66. The van der Waals surface area contributed by atoms with Gasteiger partial charge in [-0.25, -0.2) is 18.4 Å². The average Bonchev–Trinajstić information content (AvgIpc) is 2.76. The second-order valence-electron chi connectivity index (χ2n) is 5.17. The number of benzene rings is 1. The highest BCUT2D eigenvalue weighted by Crippen LogP contribution is 2.31. The van der Waals surface area contributed by atoms with Crippen LogP contribution in [0.4, 0.5) is 11.4 Å². The summed E-state index contributed by atoms with van der Waals surface area (Å²) in [5, 5.41) is 5.01. The molecule has 0 radical (unpaired) electrons. The first-order chi connectivity index (χ1) is 10.2. The van der Waals surface area contributed by atoms with E-state index in [0.717, 1.165) is 0 Å². The number of sulfonamides is 1. The number of amides is 1. The van der Waals surface area contributed by atoms with Gasteiger partial charge in [-0.3, -0.25) is 4.79 Å². The minimum absolute atomic E-state index is 0.0678. The summed E-state index contributed by atoms with van der Waals surface area (Å²) in [6.45, 7) is 0.185. The normalized spacial score (nSPS) is 18.5. The first-order valence-electron chi connectivity index (χ1n) is 6.50.